The molecule has 96 valence electrons. The molecule has 1 aromatic carbocycles. The van der Waals surface area contributed by atoms with Crippen LogP contribution >= 0.6 is 0 Å². The highest BCUT2D eigenvalue weighted by molar-refractivity contribution is 5.81. The molecule has 1 fully saturated rings. The number of benzene rings is 1. The average Bonchev–Trinajstić information content (AvgIpc) is 2.84. The smallest absolute Gasteiger partial charge is 0.0651 e. The van der Waals surface area contributed by atoms with Crippen LogP contribution in [0.15, 0.2) is 24.4 Å². The van der Waals surface area contributed by atoms with Crippen molar-refractivity contribution in [2.45, 2.75) is 32.6 Å². The van der Waals surface area contributed by atoms with E-state index in [0.29, 0.717) is 0 Å². The summed E-state index contributed by atoms with van der Waals surface area (Å²) in [6.45, 7) is 3.48. The van der Waals surface area contributed by atoms with Crippen molar-refractivity contribution in [2.75, 3.05) is 11.9 Å². The predicted molar refractivity (Wildman–Crippen MR) is 75.7 cm³/mol. The van der Waals surface area contributed by atoms with Gasteiger partial charge in [-0.2, -0.15) is 5.10 Å². The summed E-state index contributed by atoms with van der Waals surface area (Å²) < 4.78 is 0. The second-order valence-electron chi connectivity index (χ2n) is 5.69. The van der Waals surface area contributed by atoms with E-state index in [2.05, 4.69) is 40.6 Å². The maximum atomic E-state index is 4.05. The van der Waals surface area contributed by atoms with Crippen LogP contribution in [-0.2, 0) is 0 Å². The largest absolute Gasteiger partial charge is 0.385 e. The SMILES string of the molecule is CC1CCCC(CNc2ccc3[nH]ncc3c2)C1. The molecule has 0 radical (unpaired) electrons. The number of rotatable bonds is 3. The van der Waals surface area contributed by atoms with E-state index in [1.165, 1.54) is 36.8 Å². The Hall–Kier alpha value is -1.51. The van der Waals surface area contributed by atoms with Gasteiger partial charge in [-0.15, -0.1) is 0 Å². The Balaban J connectivity index is 1.61. The summed E-state index contributed by atoms with van der Waals surface area (Å²) >= 11 is 0. The fourth-order valence-corrected chi connectivity index (χ4v) is 3.06. The first-order valence-corrected chi connectivity index (χ1v) is 6.98. The first-order valence-electron chi connectivity index (χ1n) is 6.98. The lowest BCUT2D eigenvalue weighted by molar-refractivity contribution is 0.293. The minimum atomic E-state index is 0.841. The zero-order valence-electron chi connectivity index (χ0n) is 10.9. The van der Waals surface area contributed by atoms with Crippen LogP contribution in [-0.4, -0.2) is 16.7 Å². The van der Waals surface area contributed by atoms with Gasteiger partial charge in [0, 0.05) is 17.6 Å². The van der Waals surface area contributed by atoms with Crippen LogP contribution in [0.1, 0.15) is 32.6 Å². The molecule has 1 heterocycles. The zero-order chi connectivity index (χ0) is 12.4. The van der Waals surface area contributed by atoms with Crippen LogP contribution in [0.5, 0.6) is 0 Å². The van der Waals surface area contributed by atoms with Crippen molar-refractivity contribution < 1.29 is 0 Å². The van der Waals surface area contributed by atoms with E-state index in [1.54, 1.807) is 0 Å². The molecule has 3 rings (SSSR count). The monoisotopic (exact) mass is 243 g/mol. The number of aromatic amines is 1. The van der Waals surface area contributed by atoms with Crippen molar-refractivity contribution in [3.05, 3.63) is 24.4 Å². The van der Waals surface area contributed by atoms with Crippen molar-refractivity contribution in [1.29, 1.82) is 0 Å². The van der Waals surface area contributed by atoms with Crippen LogP contribution in [0.2, 0.25) is 0 Å². The molecule has 0 bridgehead atoms. The quantitative estimate of drug-likeness (QED) is 0.860. The minimum absolute atomic E-state index is 0.841. The maximum Gasteiger partial charge on any atom is 0.0651 e. The molecule has 0 saturated heterocycles. The van der Waals surface area contributed by atoms with Gasteiger partial charge in [0.15, 0.2) is 0 Å². The third-order valence-corrected chi connectivity index (χ3v) is 4.08. The Bertz CT molecular complexity index is 517. The van der Waals surface area contributed by atoms with Gasteiger partial charge in [-0.1, -0.05) is 19.8 Å². The summed E-state index contributed by atoms with van der Waals surface area (Å²) in [5.74, 6) is 1.75. The molecule has 0 spiro atoms. The summed E-state index contributed by atoms with van der Waals surface area (Å²) in [6, 6.07) is 6.39. The number of hydrogen-bond acceptors (Lipinski definition) is 2. The van der Waals surface area contributed by atoms with E-state index in [4.69, 9.17) is 0 Å². The van der Waals surface area contributed by atoms with Crippen LogP contribution < -0.4 is 5.32 Å². The second-order valence-corrected chi connectivity index (χ2v) is 5.69. The first kappa shape index (κ1) is 11.6. The molecule has 3 nitrogen and oxygen atoms in total. The van der Waals surface area contributed by atoms with Crippen LogP contribution in [0.3, 0.4) is 0 Å². The average molecular weight is 243 g/mol. The highest BCUT2D eigenvalue weighted by Crippen LogP contribution is 2.29. The maximum absolute atomic E-state index is 4.05. The van der Waals surface area contributed by atoms with Crippen molar-refractivity contribution in [2.24, 2.45) is 11.8 Å². The Morgan fingerprint density at radius 3 is 3.22 bits per heavy atom. The van der Waals surface area contributed by atoms with Gasteiger partial charge in [0.1, 0.15) is 0 Å². The van der Waals surface area contributed by atoms with E-state index in [1.807, 2.05) is 6.20 Å². The van der Waals surface area contributed by atoms with Crippen molar-refractivity contribution in [1.82, 2.24) is 10.2 Å². The molecule has 2 unspecified atom stereocenters. The van der Waals surface area contributed by atoms with Gasteiger partial charge in [-0.25, -0.2) is 0 Å². The standard InChI is InChI=1S/C15H21N3/c1-11-3-2-4-12(7-11)9-16-14-5-6-15-13(8-14)10-17-18-15/h5-6,8,10-12,16H,2-4,7,9H2,1H3,(H,17,18). The normalized spacial score (nSPS) is 24.3. The van der Waals surface area contributed by atoms with Crippen molar-refractivity contribution in [3.63, 3.8) is 0 Å². The molecule has 2 atom stereocenters. The lowest BCUT2D eigenvalue weighted by Gasteiger charge is -2.27. The number of H-pyrrole nitrogens is 1. The second kappa shape index (κ2) is 5.01. The van der Waals surface area contributed by atoms with Gasteiger partial charge in [-0.05, 0) is 42.9 Å². The van der Waals surface area contributed by atoms with Crippen molar-refractivity contribution >= 4 is 16.6 Å². The lowest BCUT2D eigenvalue weighted by atomic mass is 9.82. The topological polar surface area (TPSA) is 40.7 Å². The van der Waals surface area contributed by atoms with E-state index >= 15 is 0 Å². The van der Waals surface area contributed by atoms with Crippen LogP contribution in [0, 0.1) is 11.8 Å². The Morgan fingerprint density at radius 1 is 1.39 bits per heavy atom. The Labute approximate surface area is 108 Å². The fraction of sp³-hybridized carbons (Fsp3) is 0.533. The molecule has 2 aromatic rings. The molecule has 1 saturated carbocycles. The van der Waals surface area contributed by atoms with E-state index in [9.17, 15) is 0 Å². The first-order chi connectivity index (χ1) is 8.81. The molecule has 1 aliphatic rings. The van der Waals surface area contributed by atoms with Gasteiger partial charge in [-0.3, -0.25) is 5.10 Å². The molecular weight excluding hydrogens is 222 g/mol. The highest BCUT2D eigenvalue weighted by Gasteiger charge is 2.18. The molecule has 0 aliphatic heterocycles. The summed E-state index contributed by atoms with van der Waals surface area (Å²) in [5, 5.41) is 11.8. The summed E-state index contributed by atoms with van der Waals surface area (Å²) in [4.78, 5) is 0. The molecule has 2 N–H and O–H groups in total. The van der Waals surface area contributed by atoms with Crippen LogP contribution in [0.4, 0.5) is 5.69 Å². The minimum Gasteiger partial charge on any atom is -0.385 e. The van der Waals surface area contributed by atoms with Gasteiger partial charge in [0.25, 0.3) is 0 Å². The van der Waals surface area contributed by atoms with Crippen molar-refractivity contribution in [3.8, 4) is 0 Å². The predicted octanol–water partition coefficient (Wildman–Crippen LogP) is 3.80. The summed E-state index contributed by atoms with van der Waals surface area (Å²) in [5.41, 5.74) is 2.31. The van der Waals surface area contributed by atoms with Crippen LogP contribution in [0.25, 0.3) is 10.9 Å². The molecule has 0 amide bonds. The van der Waals surface area contributed by atoms with E-state index < -0.39 is 0 Å². The highest BCUT2D eigenvalue weighted by atomic mass is 15.1. The van der Waals surface area contributed by atoms with Gasteiger partial charge in [0.05, 0.1) is 11.7 Å². The number of nitrogens with one attached hydrogen (secondary N) is 2. The molecular formula is C15H21N3. The Morgan fingerprint density at radius 2 is 2.33 bits per heavy atom. The molecule has 1 aliphatic carbocycles. The third kappa shape index (κ3) is 2.50. The molecule has 1 aromatic heterocycles. The lowest BCUT2D eigenvalue weighted by Crippen LogP contribution is -2.20. The molecule has 3 heteroatoms. The van der Waals surface area contributed by atoms with Gasteiger partial charge < -0.3 is 5.32 Å². The van der Waals surface area contributed by atoms with E-state index in [0.717, 1.165) is 23.9 Å². The van der Waals surface area contributed by atoms with Gasteiger partial charge >= 0.3 is 0 Å². The summed E-state index contributed by atoms with van der Waals surface area (Å²) in [7, 11) is 0. The number of anilines is 1. The molecule has 18 heavy (non-hydrogen) atoms. The number of aromatic nitrogens is 2. The number of nitrogens with zero attached hydrogens (tertiary/aromatic N) is 1. The Kier molecular flexibility index (Phi) is 3.22. The van der Waals surface area contributed by atoms with Gasteiger partial charge in [0.2, 0.25) is 0 Å². The third-order valence-electron chi connectivity index (χ3n) is 4.08. The number of fused-ring (bicyclic) bond motifs is 1. The summed E-state index contributed by atoms with van der Waals surface area (Å²) in [6.07, 6.45) is 7.45. The fourth-order valence-electron chi connectivity index (χ4n) is 3.06. The zero-order valence-corrected chi connectivity index (χ0v) is 10.9. The van der Waals surface area contributed by atoms with E-state index in [-0.39, 0.29) is 0 Å². The number of hydrogen-bond donors (Lipinski definition) is 2.